The fraction of sp³-hybridized carbons (Fsp3) is 0.524. The molecule has 9 nitrogen and oxygen atoms in total. The number of hydrogen-bond donors (Lipinski definition) is 3. The Morgan fingerprint density at radius 3 is 2.80 bits per heavy atom. The fourth-order valence-electron chi connectivity index (χ4n) is 4.87. The highest BCUT2D eigenvalue weighted by atomic mass is 16.5. The van der Waals surface area contributed by atoms with Crippen molar-refractivity contribution in [2.75, 3.05) is 41.8 Å². The standard InChI is InChI=1S/C21H28N8O/c22-16-5-12-30-21(16)6-10-28(11-7-21)17-13-26-18(19(23)27-17)20(24)29-9-2-3-14-15(29)4-1-8-25-14/h1,4,8,13,16,24H,2-3,5-7,9-12,22H2,(H2,23,27). The predicted octanol–water partition coefficient (Wildman–Crippen LogP) is 1.32. The van der Waals surface area contributed by atoms with E-state index in [4.69, 9.17) is 21.6 Å². The van der Waals surface area contributed by atoms with Crippen LogP contribution >= 0.6 is 0 Å². The van der Waals surface area contributed by atoms with E-state index in [1.807, 2.05) is 17.0 Å². The zero-order chi connectivity index (χ0) is 20.7. The molecule has 0 aliphatic carbocycles. The number of nitrogen functional groups attached to an aromatic ring is 1. The number of hydrogen-bond acceptors (Lipinski definition) is 8. The number of nitrogens with two attached hydrogens (primary N) is 2. The Labute approximate surface area is 176 Å². The van der Waals surface area contributed by atoms with Gasteiger partial charge in [0.2, 0.25) is 0 Å². The first kappa shape index (κ1) is 19.2. The third-order valence-corrected chi connectivity index (χ3v) is 6.66. The van der Waals surface area contributed by atoms with Crippen LogP contribution in [0.5, 0.6) is 0 Å². The topological polar surface area (TPSA) is 130 Å². The van der Waals surface area contributed by atoms with E-state index < -0.39 is 0 Å². The number of aryl methyl sites for hydroxylation is 1. The summed E-state index contributed by atoms with van der Waals surface area (Å²) in [6, 6.07) is 4.00. The van der Waals surface area contributed by atoms with Crippen LogP contribution in [-0.2, 0) is 11.2 Å². The van der Waals surface area contributed by atoms with E-state index in [1.54, 1.807) is 12.4 Å². The molecule has 30 heavy (non-hydrogen) atoms. The Morgan fingerprint density at radius 1 is 1.23 bits per heavy atom. The molecule has 2 aromatic heterocycles. The number of nitrogens with one attached hydrogen (secondary N) is 1. The molecule has 0 amide bonds. The molecule has 0 aromatic carbocycles. The minimum absolute atomic E-state index is 0.112. The highest BCUT2D eigenvalue weighted by molar-refractivity contribution is 6.09. The lowest BCUT2D eigenvalue weighted by molar-refractivity contribution is -0.0230. The third kappa shape index (κ3) is 3.18. The molecule has 2 aromatic rings. The monoisotopic (exact) mass is 408 g/mol. The van der Waals surface area contributed by atoms with Gasteiger partial charge in [0, 0.05) is 38.5 Å². The van der Waals surface area contributed by atoms with E-state index >= 15 is 0 Å². The van der Waals surface area contributed by atoms with E-state index in [0.717, 1.165) is 75.5 Å². The second-order valence-electron chi connectivity index (χ2n) is 8.33. The van der Waals surface area contributed by atoms with Gasteiger partial charge < -0.3 is 26.0 Å². The van der Waals surface area contributed by atoms with Crippen molar-refractivity contribution in [3.05, 3.63) is 35.9 Å². The van der Waals surface area contributed by atoms with Crippen molar-refractivity contribution in [3.63, 3.8) is 0 Å². The molecule has 2 fully saturated rings. The van der Waals surface area contributed by atoms with E-state index in [2.05, 4.69) is 19.9 Å². The van der Waals surface area contributed by atoms with Gasteiger partial charge in [-0.05, 0) is 44.2 Å². The lowest BCUT2D eigenvalue weighted by atomic mass is 9.85. The molecule has 158 valence electrons. The lowest BCUT2D eigenvalue weighted by Gasteiger charge is -2.41. The van der Waals surface area contributed by atoms with Crippen LogP contribution in [0.2, 0.25) is 0 Å². The van der Waals surface area contributed by atoms with Crippen molar-refractivity contribution in [1.82, 2.24) is 15.0 Å². The van der Waals surface area contributed by atoms with Gasteiger partial charge in [-0.1, -0.05) is 0 Å². The Hall–Kier alpha value is -2.78. The number of anilines is 3. The Kier molecular flexibility index (Phi) is 4.79. The number of ether oxygens (including phenoxy) is 1. The summed E-state index contributed by atoms with van der Waals surface area (Å²) in [5.74, 6) is 1.29. The van der Waals surface area contributed by atoms with Crippen molar-refractivity contribution >= 4 is 23.2 Å². The molecule has 1 spiro atoms. The van der Waals surface area contributed by atoms with Gasteiger partial charge in [-0.15, -0.1) is 0 Å². The summed E-state index contributed by atoms with van der Waals surface area (Å²) in [4.78, 5) is 17.7. The van der Waals surface area contributed by atoms with Crippen LogP contribution in [-0.4, -0.2) is 58.7 Å². The summed E-state index contributed by atoms with van der Waals surface area (Å²) in [5.41, 5.74) is 14.7. The minimum atomic E-state index is -0.187. The quantitative estimate of drug-likeness (QED) is 0.501. The summed E-state index contributed by atoms with van der Waals surface area (Å²) >= 11 is 0. The molecule has 3 aliphatic heterocycles. The van der Waals surface area contributed by atoms with Crippen LogP contribution in [0.4, 0.5) is 17.3 Å². The van der Waals surface area contributed by atoms with Crippen molar-refractivity contribution in [2.24, 2.45) is 5.73 Å². The van der Waals surface area contributed by atoms with E-state index in [-0.39, 0.29) is 23.3 Å². The van der Waals surface area contributed by atoms with Crippen LogP contribution < -0.4 is 21.3 Å². The Bertz CT molecular complexity index is 956. The summed E-state index contributed by atoms with van der Waals surface area (Å²) in [5, 5.41) is 8.71. The molecule has 0 radical (unpaired) electrons. The summed E-state index contributed by atoms with van der Waals surface area (Å²) in [6.45, 7) is 3.11. The van der Waals surface area contributed by atoms with Crippen LogP contribution in [0.25, 0.3) is 0 Å². The van der Waals surface area contributed by atoms with E-state index in [1.165, 1.54) is 0 Å². The van der Waals surface area contributed by atoms with Crippen LogP contribution in [0.3, 0.4) is 0 Å². The lowest BCUT2D eigenvalue weighted by Crippen LogP contribution is -2.53. The van der Waals surface area contributed by atoms with Crippen molar-refractivity contribution < 1.29 is 4.74 Å². The largest absolute Gasteiger partial charge is 0.382 e. The number of amidine groups is 1. The van der Waals surface area contributed by atoms with Crippen molar-refractivity contribution in [3.8, 4) is 0 Å². The second-order valence-corrected chi connectivity index (χ2v) is 8.33. The van der Waals surface area contributed by atoms with Crippen LogP contribution in [0.1, 0.15) is 37.1 Å². The first-order valence-electron chi connectivity index (χ1n) is 10.6. The molecule has 2 saturated heterocycles. The number of nitrogens with zero attached hydrogens (tertiary/aromatic N) is 5. The molecular weight excluding hydrogens is 380 g/mol. The molecule has 3 aliphatic rings. The molecule has 9 heteroatoms. The van der Waals surface area contributed by atoms with Gasteiger partial charge in [-0.3, -0.25) is 10.4 Å². The Morgan fingerprint density at radius 2 is 2.07 bits per heavy atom. The van der Waals surface area contributed by atoms with Gasteiger partial charge >= 0.3 is 0 Å². The minimum Gasteiger partial charge on any atom is -0.382 e. The number of pyridine rings is 1. The van der Waals surface area contributed by atoms with Gasteiger partial charge in [-0.25, -0.2) is 9.97 Å². The summed E-state index contributed by atoms with van der Waals surface area (Å²) in [6.07, 6.45) is 8.07. The van der Waals surface area contributed by atoms with E-state index in [0.29, 0.717) is 5.69 Å². The van der Waals surface area contributed by atoms with Crippen LogP contribution in [0.15, 0.2) is 24.5 Å². The van der Waals surface area contributed by atoms with Gasteiger partial charge in [0.15, 0.2) is 11.7 Å². The smallest absolute Gasteiger partial charge is 0.155 e. The van der Waals surface area contributed by atoms with Gasteiger partial charge in [0.1, 0.15) is 11.5 Å². The molecule has 0 saturated carbocycles. The maximum atomic E-state index is 8.71. The zero-order valence-electron chi connectivity index (χ0n) is 17.0. The van der Waals surface area contributed by atoms with Crippen molar-refractivity contribution in [1.29, 1.82) is 5.41 Å². The SMILES string of the molecule is N=C(c1ncc(N2CCC3(CC2)OCCC3N)nc1N)N1CCCc2ncccc21. The molecular formula is C21H28N8O. The fourth-order valence-corrected chi connectivity index (χ4v) is 4.87. The Balaban J connectivity index is 1.33. The molecule has 5 N–H and O–H groups in total. The first-order chi connectivity index (χ1) is 14.6. The zero-order valence-corrected chi connectivity index (χ0v) is 17.0. The number of fused-ring (bicyclic) bond motifs is 1. The highest BCUT2D eigenvalue weighted by Gasteiger charge is 2.44. The van der Waals surface area contributed by atoms with Gasteiger partial charge in [0.05, 0.1) is 23.2 Å². The maximum Gasteiger partial charge on any atom is 0.155 e. The van der Waals surface area contributed by atoms with Gasteiger partial charge in [0.25, 0.3) is 0 Å². The first-order valence-corrected chi connectivity index (χ1v) is 10.6. The summed E-state index contributed by atoms with van der Waals surface area (Å²) < 4.78 is 6.00. The normalized spacial score (nSPS) is 22.9. The molecule has 1 atom stereocenters. The third-order valence-electron chi connectivity index (χ3n) is 6.66. The molecule has 5 heterocycles. The average molecular weight is 409 g/mol. The summed E-state index contributed by atoms with van der Waals surface area (Å²) in [7, 11) is 0. The molecule has 5 rings (SSSR count). The molecule has 1 unspecified atom stereocenters. The highest BCUT2D eigenvalue weighted by Crippen LogP contribution is 2.36. The van der Waals surface area contributed by atoms with Gasteiger partial charge in [-0.2, -0.15) is 0 Å². The average Bonchev–Trinajstić information content (AvgIpc) is 3.13. The second kappa shape index (κ2) is 7.48. The van der Waals surface area contributed by atoms with E-state index in [9.17, 15) is 0 Å². The van der Waals surface area contributed by atoms with Crippen LogP contribution in [0, 0.1) is 5.41 Å². The maximum absolute atomic E-state index is 8.71. The number of piperidine rings is 1. The van der Waals surface area contributed by atoms with Crippen molar-refractivity contribution in [2.45, 2.75) is 43.7 Å². The number of aromatic nitrogens is 3. The predicted molar refractivity (Wildman–Crippen MR) is 116 cm³/mol. The molecule has 0 bridgehead atoms. The number of rotatable bonds is 2.